The van der Waals surface area contributed by atoms with Crippen LogP contribution < -0.4 is 10.1 Å². The lowest BCUT2D eigenvalue weighted by molar-refractivity contribution is 0.119. The van der Waals surface area contributed by atoms with Gasteiger partial charge in [-0.2, -0.15) is 0 Å². The Balaban J connectivity index is 2.20. The normalized spacial score (nSPS) is 10.3. The highest BCUT2D eigenvalue weighted by Crippen LogP contribution is 2.11. The SMILES string of the molecule is CNCCCOCc1ccc(OC)cc1. The van der Waals surface area contributed by atoms with Gasteiger partial charge in [-0.25, -0.2) is 0 Å². The molecule has 84 valence electrons. The molecular weight excluding hydrogens is 190 g/mol. The van der Waals surface area contributed by atoms with E-state index in [0.29, 0.717) is 6.61 Å². The highest BCUT2D eigenvalue weighted by molar-refractivity contribution is 5.26. The molecule has 1 rings (SSSR count). The molecule has 0 spiro atoms. The van der Waals surface area contributed by atoms with Crippen molar-refractivity contribution in [2.45, 2.75) is 13.0 Å². The van der Waals surface area contributed by atoms with Crippen molar-refractivity contribution >= 4 is 0 Å². The lowest BCUT2D eigenvalue weighted by atomic mass is 10.2. The molecule has 3 nitrogen and oxygen atoms in total. The van der Waals surface area contributed by atoms with E-state index in [-0.39, 0.29) is 0 Å². The van der Waals surface area contributed by atoms with Crippen molar-refractivity contribution in [3.63, 3.8) is 0 Å². The molecule has 3 heteroatoms. The van der Waals surface area contributed by atoms with Crippen LogP contribution in [0, 0.1) is 0 Å². The minimum Gasteiger partial charge on any atom is -0.497 e. The molecule has 0 aliphatic carbocycles. The molecule has 0 aliphatic rings. The van der Waals surface area contributed by atoms with Crippen LogP contribution in [0.5, 0.6) is 5.75 Å². The first kappa shape index (κ1) is 12.0. The van der Waals surface area contributed by atoms with E-state index in [2.05, 4.69) is 5.32 Å². The van der Waals surface area contributed by atoms with Crippen LogP contribution in [0.4, 0.5) is 0 Å². The van der Waals surface area contributed by atoms with Gasteiger partial charge in [-0.3, -0.25) is 0 Å². The van der Waals surface area contributed by atoms with Gasteiger partial charge < -0.3 is 14.8 Å². The monoisotopic (exact) mass is 209 g/mol. The fourth-order valence-corrected chi connectivity index (χ4v) is 1.26. The maximum Gasteiger partial charge on any atom is 0.118 e. The van der Waals surface area contributed by atoms with E-state index in [1.807, 2.05) is 31.3 Å². The van der Waals surface area contributed by atoms with Crippen molar-refractivity contribution in [1.82, 2.24) is 5.32 Å². The van der Waals surface area contributed by atoms with Gasteiger partial charge in [0, 0.05) is 6.61 Å². The molecule has 0 aliphatic heterocycles. The van der Waals surface area contributed by atoms with Crippen LogP contribution in [-0.2, 0) is 11.3 Å². The zero-order valence-corrected chi connectivity index (χ0v) is 9.45. The second-order valence-electron chi connectivity index (χ2n) is 3.36. The van der Waals surface area contributed by atoms with Crippen molar-refractivity contribution < 1.29 is 9.47 Å². The summed E-state index contributed by atoms with van der Waals surface area (Å²) in [6, 6.07) is 7.95. The van der Waals surface area contributed by atoms with Crippen LogP contribution in [0.1, 0.15) is 12.0 Å². The van der Waals surface area contributed by atoms with E-state index in [1.54, 1.807) is 7.11 Å². The largest absolute Gasteiger partial charge is 0.497 e. The molecule has 0 atom stereocenters. The smallest absolute Gasteiger partial charge is 0.118 e. The average molecular weight is 209 g/mol. The predicted molar refractivity (Wildman–Crippen MR) is 61.2 cm³/mol. The molecular formula is C12H19NO2. The molecule has 1 N–H and O–H groups in total. The molecule has 0 aromatic heterocycles. The molecule has 0 amide bonds. The van der Waals surface area contributed by atoms with Crippen LogP contribution in [-0.4, -0.2) is 27.3 Å². The van der Waals surface area contributed by atoms with E-state index in [0.717, 1.165) is 25.3 Å². The lowest BCUT2D eigenvalue weighted by Crippen LogP contribution is -2.10. The highest BCUT2D eigenvalue weighted by Gasteiger charge is 1.94. The first-order chi connectivity index (χ1) is 7.36. The predicted octanol–water partition coefficient (Wildman–Crippen LogP) is 1.82. The Morgan fingerprint density at radius 3 is 2.53 bits per heavy atom. The number of hydrogen-bond acceptors (Lipinski definition) is 3. The van der Waals surface area contributed by atoms with E-state index in [4.69, 9.17) is 9.47 Å². The summed E-state index contributed by atoms with van der Waals surface area (Å²) in [6.45, 7) is 2.48. The Morgan fingerprint density at radius 2 is 1.93 bits per heavy atom. The summed E-state index contributed by atoms with van der Waals surface area (Å²) in [5, 5.41) is 3.08. The zero-order valence-electron chi connectivity index (χ0n) is 9.45. The Bertz CT molecular complexity index is 259. The quantitative estimate of drug-likeness (QED) is 0.695. The molecule has 0 saturated carbocycles. The van der Waals surface area contributed by atoms with Crippen molar-refractivity contribution in [1.29, 1.82) is 0 Å². The summed E-state index contributed by atoms with van der Waals surface area (Å²) in [6.07, 6.45) is 1.05. The Morgan fingerprint density at radius 1 is 1.20 bits per heavy atom. The first-order valence-electron chi connectivity index (χ1n) is 5.22. The zero-order chi connectivity index (χ0) is 10.9. The molecule has 0 saturated heterocycles. The van der Waals surface area contributed by atoms with Crippen LogP contribution >= 0.6 is 0 Å². The molecule has 0 bridgehead atoms. The number of nitrogens with one attached hydrogen (secondary N) is 1. The number of hydrogen-bond donors (Lipinski definition) is 1. The molecule has 15 heavy (non-hydrogen) atoms. The third-order valence-corrected chi connectivity index (χ3v) is 2.14. The van der Waals surface area contributed by atoms with Gasteiger partial charge in [-0.05, 0) is 37.7 Å². The fraction of sp³-hybridized carbons (Fsp3) is 0.500. The number of benzene rings is 1. The van der Waals surface area contributed by atoms with Crippen LogP contribution in [0.15, 0.2) is 24.3 Å². The number of methoxy groups -OCH3 is 1. The van der Waals surface area contributed by atoms with Crippen molar-refractivity contribution in [3.8, 4) is 5.75 Å². The molecule has 0 radical (unpaired) electrons. The number of ether oxygens (including phenoxy) is 2. The van der Waals surface area contributed by atoms with Crippen LogP contribution in [0.25, 0.3) is 0 Å². The summed E-state index contributed by atoms with van der Waals surface area (Å²) >= 11 is 0. The fourth-order valence-electron chi connectivity index (χ4n) is 1.26. The summed E-state index contributed by atoms with van der Waals surface area (Å²) in [5.74, 6) is 0.883. The van der Waals surface area contributed by atoms with Crippen molar-refractivity contribution in [3.05, 3.63) is 29.8 Å². The maximum absolute atomic E-state index is 5.51. The second kappa shape index (κ2) is 7.26. The summed E-state index contributed by atoms with van der Waals surface area (Å²) < 4.78 is 10.6. The topological polar surface area (TPSA) is 30.5 Å². The van der Waals surface area contributed by atoms with Crippen molar-refractivity contribution in [2.75, 3.05) is 27.3 Å². The third kappa shape index (κ3) is 4.81. The Kier molecular flexibility index (Phi) is 5.81. The summed E-state index contributed by atoms with van der Waals surface area (Å²) in [7, 11) is 3.62. The van der Waals surface area contributed by atoms with Gasteiger partial charge in [0.05, 0.1) is 13.7 Å². The number of rotatable bonds is 7. The molecule has 1 aromatic carbocycles. The Hall–Kier alpha value is -1.06. The summed E-state index contributed by atoms with van der Waals surface area (Å²) in [5.41, 5.74) is 1.18. The van der Waals surface area contributed by atoms with E-state index in [9.17, 15) is 0 Å². The molecule has 0 unspecified atom stereocenters. The van der Waals surface area contributed by atoms with Gasteiger partial charge in [-0.15, -0.1) is 0 Å². The highest BCUT2D eigenvalue weighted by atomic mass is 16.5. The average Bonchev–Trinajstić information content (AvgIpc) is 2.30. The van der Waals surface area contributed by atoms with E-state index < -0.39 is 0 Å². The maximum atomic E-state index is 5.51. The van der Waals surface area contributed by atoms with E-state index in [1.165, 1.54) is 5.56 Å². The van der Waals surface area contributed by atoms with Crippen LogP contribution in [0.2, 0.25) is 0 Å². The lowest BCUT2D eigenvalue weighted by Gasteiger charge is -2.05. The van der Waals surface area contributed by atoms with Gasteiger partial charge >= 0.3 is 0 Å². The standard InChI is InChI=1S/C12H19NO2/c1-13-8-3-9-15-10-11-4-6-12(14-2)7-5-11/h4-7,13H,3,8-10H2,1-2H3. The van der Waals surface area contributed by atoms with Gasteiger partial charge in [0.25, 0.3) is 0 Å². The summed E-state index contributed by atoms with van der Waals surface area (Å²) in [4.78, 5) is 0. The van der Waals surface area contributed by atoms with Crippen molar-refractivity contribution in [2.24, 2.45) is 0 Å². The third-order valence-electron chi connectivity index (χ3n) is 2.14. The van der Waals surface area contributed by atoms with E-state index >= 15 is 0 Å². The first-order valence-corrected chi connectivity index (χ1v) is 5.22. The van der Waals surface area contributed by atoms with Gasteiger partial charge in [-0.1, -0.05) is 12.1 Å². The molecule has 0 heterocycles. The Labute approximate surface area is 91.4 Å². The van der Waals surface area contributed by atoms with Crippen LogP contribution in [0.3, 0.4) is 0 Å². The van der Waals surface area contributed by atoms with Gasteiger partial charge in [0.15, 0.2) is 0 Å². The molecule has 1 aromatic rings. The minimum atomic E-state index is 0.674. The minimum absolute atomic E-state index is 0.674. The van der Waals surface area contributed by atoms with Gasteiger partial charge in [0.1, 0.15) is 5.75 Å². The molecule has 0 fully saturated rings. The second-order valence-corrected chi connectivity index (χ2v) is 3.36. The van der Waals surface area contributed by atoms with Gasteiger partial charge in [0.2, 0.25) is 0 Å².